The van der Waals surface area contributed by atoms with Crippen LogP contribution in [0.1, 0.15) is 56.8 Å². The van der Waals surface area contributed by atoms with Crippen LogP contribution in [0, 0.1) is 5.92 Å². The number of carbonyl (C=O) groups excluding carboxylic acids is 1. The second-order valence-electron chi connectivity index (χ2n) is 7.40. The number of hydrogen-bond donors (Lipinski definition) is 3. The molecule has 25 heavy (non-hydrogen) atoms. The summed E-state index contributed by atoms with van der Waals surface area (Å²) in [5.74, 6) is 1.18. The van der Waals surface area contributed by atoms with E-state index in [-0.39, 0.29) is 24.7 Å². The molecule has 2 aliphatic rings. The van der Waals surface area contributed by atoms with Gasteiger partial charge in [-0.2, -0.15) is 0 Å². The smallest absolute Gasteiger partial charge is 0.315 e. The van der Waals surface area contributed by atoms with E-state index >= 15 is 0 Å². The van der Waals surface area contributed by atoms with Gasteiger partial charge in [0.2, 0.25) is 5.95 Å². The lowest BCUT2D eigenvalue weighted by molar-refractivity contribution is 0.202. The van der Waals surface area contributed by atoms with E-state index in [9.17, 15) is 9.90 Å². The molecule has 0 radical (unpaired) electrons. The molecule has 1 fully saturated rings. The van der Waals surface area contributed by atoms with E-state index in [2.05, 4.69) is 20.5 Å². The topological polar surface area (TPSA) is 90.4 Å². The molecule has 138 valence electrons. The van der Waals surface area contributed by atoms with Gasteiger partial charge in [0.05, 0.1) is 11.7 Å². The third-order valence-corrected chi connectivity index (χ3v) is 5.05. The van der Waals surface area contributed by atoms with Crippen molar-refractivity contribution >= 4 is 12.0 Å². The zero-order valence-electron chi connectivity index (χ0n) is 15.2. The van der Waals surface area contributed by atoms with Crippen LogP contribution in [0.4, 0.5) is 10.7 Å². The van der Waals surface area contributed by atoms with Crippen LogP contribution in [0.25, 0.3) is 0 Å². The van der Waals surface area contributed by atoms with Gasteiger partial charge in [-0.1, -0.05) is 0 Å². The minimum absolute atomic E-state index is 0.0170. The molecule has 7 nitrogen and oxygen atoms in total. The summed E-state index contributed by atoms with van der Waals surface area (Å²) in [5.41, 5.74) is 2.09. The van der Waals surface area contributed by atoms with Crippen LogP contribution in [0.3, 0.4) is 0 Å². The molecule has 1 aliphatic carbocycles. The van der Waals surface area contributed by atoms with Gasteiger partial charge in [-0.15, -0.1) is 0 Å². The Bertz CT molecular complexity index is 599. The molecule has 0 spiro atoms. The van der Waals surface area contributed by atoms with Crippen molar-refractivity contribution in [2.45, 2.75) is 58.0 Å². The second kappa shape index (κ2) is 7.99. The third-order valence-electron chi connectivity index (χ3n) is 5.05. The van der Waals surface area contributed by atoms with E-state index in [4.69, 9.17) is 4.98 Å². The average molecular weight is 347 g/mol. The standard InChI is InChI=1S/C18H29N5O2/c1-12(2)20-18(25)22-16-5-3-4-15-14(16)10-19-17(21-15)23-8-6-13(11-24)7-9-23/h10,12-13,16,24H,3-9,11H2,1-2H3,(H2,20,22,25)/t16-/m1/s1. The van der Waals surface area contributed by atoms with Crippen LogP contribution in [-0.4, -0.2) is 46.8 Å². The van der Waals surface area contributed by atoms with E-state index in [0.29, 0.717) is 5.92 Å². The van der Waals surface area contributed by atoms with E-state index in [1.54, 1.807) is 0 Å². The predicted molar refractivity (Wildman–Crippen MR) is 96.5 cm³/mol. The van der Waals surface area contributed by atoms with Crippen LogP contribution < -0.4 is 15.5 Å². The lowest BCUT2D eigenvalue weighted by Crippen LogP contribution is -2.42. The molecule has 3 rings (SSSR count). The number of fused-ring (bicyclic) bond motifs is 1. The van der Waals surface area contributed by atoms with Gasteiger partial charge in [-0.05, 0) is 51.9 Å². The number of aromatic nitrogens is 2. The fraction of sp³-hybridized carbons (Fsp3) is 0.722. The van der Waals surface area contributed by atoms with Gasteiger partial charge in [0.15, 0.2) is 0 Å². The number of amides is 2. The Labute approximate surface area is 149 Å². The summed E-state index contributed by atoms with van der Waals surface area (Å²) >= 11 is 0. The zero-order valence-corrected chi connectivity index (χ0v) is 15.2. The van der Waals surface area contributed by atoms with Crippen molar-refractivity contribution in [1.29, 1.82) is 0 Å². The number of nitrogens with one attached hydrogen (secondary N) is 2. The van der Waals surface area contributed by atoms with Gasteiger partial charge in [-0.3, -0.25) is 0 Å². The van der Waals surface area contributed by atoms with Crippen LogP contribution >= 0.6 is 0 Å². The number of hydrogen-bond acceptors (Lipinski definition) is 5. The van der Waals surface area contributed by atoms with Crippen molar-refractivity contribution in [1.82, 2.24) is 20.6 Å². The molecule has 0 unspecified atom stereocenters. The molecule has 7 heteroatoms. The molecular formula is C18H29N5O2. The lowest BCUT2D eigenvalue weighted by Gasteiger charge is -2.32. The molecule has 1 atom stereocenters. The van der Waals surface area contributed by atoms with Crippen molar-refractivity contribution in [3.63, 3.8) is 0 Å². The average Bonchev–Trinajstić information content (AvgIpc) is 2.61. The number of carbonyl (C=O) groups is 1. The molecule has 1 aliphatic heterocycles. The van der Waals surface area contributed by atoms with Crippen LogP contribution in [0.5, 0.6) is 0 Å². The fourth-order valence-electron chi connectivity index (χ4n) is 3.62. The second-order valence-corrected chi connectivity index (χ2v) is 7.40. The molecule has 0 aromatic carbocycles. The van der Waals surface area contributed by atoms with Gasteiger partial charge in [0.25, 0.3) is 0 Å². The molecule has 1 aromatic rings. The van der Waals surface area contributed by atoms with Crippen molar-refractivity contribution < 1.29 is 9.90 Å². The quantitative estimate of drug-likeness (QED) is 0.772. The van der Waals surface area contributed by atoms with Crippen molar-refractivity contribution in [3.8, 4) is 0 Å². The molecule has 2 amide bonds. The maximum atomic E-state index is 12.0. The number of aliphatic hydroxyl groups is 1. The highest BCUT2D eigenvalue weighted by molar-refractivity contribution is 5.74. The van der Waals surface area contributed by atoms with E-state index in [1.165, 1.54) is 0 Å². The summed E-state index contributed by atoms with van der Waals surface area (Å²) in [6.45, 7) is 5.95. The normalized spacial score (nSPS) is 21.1. The Morgan fingerprint density at radius 1 is 1.36 bits per heavy atom. The zero-order chi connectivity index (χ0) is 17.8. The maximum absolute atomic E-state index is 12.0. The number of aryl methyl sites for hydroxylation is 1. The number of piperidine rings is 1. The lowest BCUT2D eigenvalue weighted by atomic mass is 9.92. The van der Waals surface area contributed by atoms with Gasteiger partial charge in [0, 0.05) is 37.5 Å². The van der Waals surface area contributed by atoms with Crippen molar-refractivity contribution in [2.75, 3.05) is 24.6 Å². The van der Waals surface area contributed by atoms with E-state index < -0.39 is 0 Å². The Hall–Kier alpha value is -1.89. The Balaban J connectivity index is 1.69. The molecule has 0 saturated carbocycles. The minimum Gasteiger partial charge on any atom is -0.396 e. The highest BCUT2D eigenvalue weighted by Crippen LogP contribution is 2.30. The number of anilines is 1. The summed E-state index contributed by atoms with van der Waals surface area (Å²) in [7, 11) is 0. The van der Waals surface area contributed by atoms with Crippen LogP contribution in [0.2, 0.25) is 0 Å². The number of nitrogens with zero attached hydrogens (tertiary/aromatic N) is 3. The number of aliphatic hydroxyl groups excluding tert-OH is 1. The Kier molecular flexibility index (Phi) is 5.73. The summed E-state index contributed by atoms with van der Waals surface area (Å²) in [6.07, 6.45) is 6.72. The monoisotopic (exact) mass is 347 g/mol. The van der Waals surface area contributed by atoms with E-state index in [1.807, 2.05) is 20.0 Å². The fourth-order valence-corrected chi connectivity index (χ4v) is 3.62. The molecular weight excluding hydrogens is 318 g/mol. The van der Waals surface area contributed by atoms with Gasteiger partial charge in [-0.25, -0.2) is 14.8 Å². The summed E-state index contributed by atoms with van der Waals surface area (Å²) in [6, 6.07) is -0.0387. The van der Waals surface area contributed by atoms with Gasteiger partial charge < -0.3 is 20.6 Å². The van der Waals surface area contributed by atoms with Gasteiger partial charge in [0.1, 0.15) is 0 Å². The highest BCUT2D eigenvalue weighted by Gasteiger charge is 2.26. The van der Waals surface area contributed by atoms with Crippen molar-refractivity contribution in [3.05, 3.63) is 17.5 Å². The number of rotatable bonds is 4. The Morgan fingerprint density at radius 2 is 2.12 bits per heavy atom. The molecule has 1 saturated heterocycles. The Morgan fingerprint density at radius 3 is 2.80 bits per heavy atom. The summed E-state index contributed by atoms with van der Waals surface area (Å²) in [4.78, 5) is 23.6. The highest BCUT2D eigenvalue weighted by atomic mass is 16.3. The first-order valence-electron chi connectivity index (χ1n) is 9.35. The molecule has 3 N–H and O–H groups in total. The molecule has 2 heterocycles. The van der Waals surface area contributed by atoms with Crippen LogP contribution in [-0.2, 0) is 6.42 Å². The first-order chi connectivity index (χ1) is 12.1. The minimum atomic E-state index is -0.136. The first kappa shape index (κ1) is 17.9. The first-order valence-corrected chi connectivity index (χ1v) is 9.35. The summed E-state index contributed by atoms with van der Waals surface area (Å²) < 4.78 is 0. The summed E-state index contributed by atoms with van der Waals surface area (Å²) in [5, 5.41) is 15.2. The van der Waals surface area contributed by atoms with Crippen molar-refractivity contribution in [2.24, 2.45) is 5.92 Å². The predicted octanol–water partition coefficient (Wildman–Crippen LogP) is 1.77. The van der Waals surface area contributed by atoms with E-state index in [0.717, 1.165) is 62.4 Å². The third kappa shape index (κ3) is 4.39. The largest absolute Gasteiger partial charge is 0.396 e. The SMILES string of the molecule is CC(C)NC(=O)N[C@@H]1CCCc2nc(N3CCC(CO)CC3)ncc21. The maximum Gasteiger partial charge on any atom is 0.315 e. The number of urea groups is 1. The van der Waals surface area contributed by atoms with Gasteiger partial charge >= 0.3 is 6.03 Å². The molecule has 0 bridgehead atoms. The van der Waals surface area contributed by atoms with Crippen LogP contribution in [0.15, 0.2) is 6.20 Å². The molecule has 1 aromatic heterocycles.